The van der Waals surface area contributed by atoms with E-state index in [2.05, 4.69) is 23.6 Å². The molecule has 0 aromatic rings. The molecule has 1 aliphatic heterocycles. The summed E-state index contributed by atoms with van der Waals surface area (Å²) >= 11 is 0. The molecule has 0 aromatic heterocycles. The van der Waals surface area contributed by atoms with E-state index >= 15 is 0 Å². The Hall–Kier alpha value is -0.160. The first-order valence-electron chi connectivity index (χ1n) is 8.60. The third kappa shape index (κ3) is 4.92. The summed E-state index contributed by atoms with van der Waals surface area (Å²) in [6, 6.07) is 0.334. The van der Waals surface area contributed by atoms with Gasteiger partial charge < -0.3 is 15.7 Å². The third-order valence-electron chi connectivity index (χ3n) is 5.37. The second kappa shape index (κ2) is 6.53. The fraction of sp³-hybridized carbons (Fsp3) is 1.00. The number of β-amino-alcohol motifs (C(OH)–C–C–N with tert-alkyl or cyclic N) is 1. The lowest BCUT2D eigenvalue weighted by molar-refractivity contribution is 0.0112. The number of aliphatic hydroxyl groups is 1. The van der Waals surface area contributed by atoms with Gasteiger partial charge in [-0.05, 0) is 38.0 Å². The highest BCUT2D eigenvalue weighted by Gasteiger charge is 2.37. The fourth-order valence-electron chi connectivity index (χ4n) is 4.02. The molecule has 0 spiro atoms. The van der Waals surface area contributed by atoms with Gasteiger partial charge in [0.2, 0.25) is 0 Å². The van der Waals surface area contributed by atoms with Crippen LogP contribution < -0.4 is 5.73 Å². The monoisotopic (exact) mass is 297 g/mol. The van der Waals surface area contributed by atoms with Crippen LogP contribution in [0.4, 0.5) is 0 Å². The number of rotatable bonds is 4. The summed E-state index contributed by atoms with van der Waals surface area (Å²) < 4.78 is 0. The molecular weight excluding hydrogens is 262 g/mol. The van der Waals surface area contributed by atoms with Crippen LogP contribution in [0.3, 0.4) is 0 Å². The predicted molar refractivity (Wildman–Crippen MR) is 88.3 cm³/mol. The summed E-state index contributed by atoms with van der Waals surface area (Å²) in [6.45, 7) is 14.7. The molecule has 2 atom stereocenters. The van der Waals surface area contributed by atoms with Gasteiger partial charge in [0.25, 0.3) is 0 Å². The van der Waals surface area contributed by atoms with Gasteiger partial charge in [0.1, 0.15) is 0 Å². The SMILES string of the molecule is CC(C)(O)CN1CCN(CC2CCCC(C)(C)C2N)CC1. The lowest BCUT2D eigenvalue weighted by Crippen LogP contribution is -2.54. The minimum atomic E-state index is -0.585. The summed E-state index contributed by atoms with van der Waals surface area (Å²) in [7, 11) is 0. The largest absolute Gasteiger partial charge is 0.389 e. The maximum absolute atomic E-state index is 9.92. The Morgan fingerprint density at radius 3 is 2.29 bits per heavy atom. The van der Waals surface area contributed by atoms with Crippen LogP contribution in [0, 0.1) is 11.3 Å². The Balaban J connectivity index is 1.78. The minimum Gasteiger partial charge on any atom is -0.389 e. The van der Waals surface area contributed by atoms with Gasteiger partial charge >= 0.3 is 0 Å². The summed E-state index contributed by atoms with van der Waals surface area (Å²) in [6.07, 6.45) is 3.88. The summed E-state index contributed by atoms with van der Waals surface area (Å²) in [5.74, 6) is 0.648. The van der Waals surface area contributed by atoms with E-state index in [1.165, 1.54) is 19.3 Å². The highest BCUT2D eigenvalue weighted by atomic mass is 16.3. The van der Waals surface area contributed by atoms with Crippen molar-refractivity contribution in [2.75, 3.05) is 39.3 Å². The van der Waals surface area contributed by atoms with E-state index in [0.717, 1.165) is 39.3 Å². The van der Waals surface area contributed by atoms with Crippen molar-refractivity contribution in [3.63, 3.8) is 0 Å². The number of hydrogen-bond donors (Lipinski definition) is 2. The van der Waals surface area contributed by atoms with Crippen molar-refractivity contribution < 1.29 is 5.11 Å². The lowest BCUT2D eigenvalue weighted by atomic mass is 9.68. The van der Waals surface area contributed by atoms with E-state index in [-0.39, 0.29) is 0 Å². The minimum absolute atomic E-state index is 0.297. The van der Waals surface area contributed by atoms with E-state index in [0.29, 0.717) is 17.4 Å². The normalized spacial score (nSPS) is 32.3. The molecule has 0 bridgehead atoms. The molecule has 0 radical (unpaired) electrons. The van der Waals surface area contributed by atoms with Crippen molar-refractivity contribution in [1.29, 1.82) is 0 Å². The Morgan fingerprint density at radius 1 is 1.14 bits per heavy atom. The highest BCUT2D eigenvalue weighted by molar-refractivity contribution is 4.93. The highest BCUT2D eigenvalue weighted by Crippen LogP contribution is 2.38. The third-order valence-corrected chi connectivity index (χ3v) is 5.37. The molecule has 0 aromatic carbocycles. The molecule has 2 rings (SSSR count). The van der Waals surface area contributed by atoms with Crippen LogP contribution >= 0.6 is 0 Å². The standard InChI is InChI=1S/C17H35N3O/c1-16(2)7-5-6-14(15(16)18)12-19-8-10-20(11-9-19)13-17(3,4)21/h14-15,21H,5-13,18H2,1-4H3. The van der Waals surface area contributed by atoms with Gasteiger partial charge in [0, 0.05) is 45.3 Å². The van der Waals surface area contributed by atoms with Crippen LogP contribution in [-0.2, 0) is 0 Å². The van der Waals surface area contributed by atoms with E-state index < -0.39 is 5.60 Å². The number of hydrogen-bond acceptors (Lipinski definition) is 4. The Labute approximate surface area is 130 Å². The maximum Gasteiger partial charge on any atom is 0.0718 e. The predicted octanol–water partition coefficient (Wildman–Crippen LogP) is 1.53. The van der Waals surface area contributed by atoms with Gasteiger partial charge in [-0.1, -0.05) is 20.3 Å². The summed E-state index contributed by atoms with van der Waals surface area (Å²) in [4.78, 5) is 4.95. The van der Waals surface area contributed by atoms with Crippen LogP contribution in [0.1, 0.15) is 47.0 Å². The second-order valence-corrected chi connectivity index (χ2v) is 8.56. The van der Waals surface area contributed by atoms with Crippen molar-refractivity contribution in [2.45, 2.75) is 58.6 Å². The first-order valence-corrected chi connectivity index (χ1v) is 8.60. The quantitative estimate of drug-likeness (QED) is 0.826. The summed E-state index contributed by atoms with van der Waals surface area (Å²) in [5, 5.41) is 9.92. The smallest absolute Gasteiger partial charge is 0.0718 e. The van der Waals surface area contributed by atoms with Crippen molar-refractivity contribution in [1.82, 2.24) is 9.80 Å². The number of piperazine rings is 1. The second-order valence-electron chi connectivity index (χ2n) is 8.56. The van der Waals surface area contributed by atoms with Crippen molar-refractivity contribution >= 4 is 0 Å². The van der Waals surface area contributed by atoms with Gasteiger partial charge in [-0.3, -0.25) is 4.90 Å². The van der Waals surface area contributed by atoms with Gasteiger partial charge in [-0.15, -0.1) is 0 Å². The van der Waals surface area contributed by atoms with Crippen LogP contribution in [0.25, 0.3) is 0 Å². The molecule has 0 amide bonds. The average molecular weight is 297 g/mol. The van der Waals surface area contributed by atoms with Crippen molar-refractivity contribution in [2.24, 2.45) is 17.1 Å². The van der Waals surface area contributed by atoms with E-state index in [1.807, 2.05) is 13.8 Å². The van der Waals surface area contributed by atoms with Crippen LogP contribution in [0.2, 0.25) is 0 Å². The maximum atomic E-state index is 9.92. The van der Waals surface area contributed by atoms with Crippen LogP contribution in [0.15, 0.2) is 0 Å². The van der Waals surface area contributed by atoms with Crippen molar-refractivity contribution in [3.05, 3.63) is 0 Å². The first-order chi connectivity index (χ1) is 9.67. The Morgan fingerprint density at radius 2 is 1.71 bits per heavy atom. The van der Waals surface area contributed by atoms with E-state index in [1.54, 1.807) is 0 Å². The van der Waals surface area contributed by atoms with Crippen LogP contribution in [-0.4, -0.2) is 65.8 Å². The molecule has 2 fully saturated rings. The average Bonchev–Trinajstić information content (AvgIpc) is 2.35. The molecule has 1 saturated carbocycles. The number of nitrogens with two attached hydrogens (primary N) is 1. The topological polar surface area (TPSA) is 52.7 Å². The van der Waals surface area contributed by atoms with Gasteiger partial charge in [0.15, 0.2) is 0 Å². The molecule has 3 N–H and O–H groups in total. The van der Waals surface area contributed by atoms with Gasteiger partial charge in [-0.25, -0.2) is 0 Å². The Bertz CT molecular complexity index is 329. The van der Waals surface area contributed by atoms with E-state index in [4.69, 9.17) is 5.73 Å². The number of nitrogens with zero attached hydrogens (tertiary/aromatic N) is 2. The molecule has 124 valence electrons. The molecule has 1 heterocycles. The van der Waals surface area contributed by atoms with E-state index in [9.17, 15) is 5.11 Å². The molecule has 2 unspecified atom stereocenters. The van der Waals surface area contributed by atoms with Crippen molar-refractivity contribution in [3.8, 4) is 0 Å². The molecule has 4 nitrogen and oxygen atoms in total. The van der Waals surface area contributed by atoms with Gasteiger partial charge in [-0.2, -0.15) is 0 Å². The summed E-state index contributed by atoms with van der Waals surface area (Å²) in [5.41, 5.74) is 6.23. The molecule has 1 saturated heterocycles. The zero-order valence-electron chi connectivity index (χ0n) is 14.4. The first kappa shape index (κ1) is 17.2. The molecule has 1 aliphatic carbocycles. The molecule has 2 aliphatic rings. The zero-order chi connectivity index (χ0) is 15.7. The van der Waals surface area contributed by atoms with Gasteiger partial charge in [0.05, 0.1) is 5.60 Å². The van der Waals surface area contributed by atoms with Crippen LogP contribution in [0.5, 0.6) is 0 Å². The molecular formula is C17H35N3O. The fourth-order valence-corrected chi connectivity index (χ4v) is 4.02. The Kier molecular flexibility index (Phi) is 5.35. The molecule has 4 heteroatoms. The molecule has 21 heavy (non-hydrogen) atoms. The zero-order valence-corrected chi connectivity index (χ0v) is 14.4. The lowest BCUT2D eigenvalue weighted by Gasteiger charge is -2.45.